The Labute approximate surface area is 153 Å². The first-order valence-corrected chi connectivity index (χ1v) is 9.34. The topological polar surface area (TPSA) is 89.1 Å². The van der Waals surface area contributed by atoms with Crippen LogP contribution in [0.5, 0.6) is 0 Å². The molecule has 2 aromatic heterocycles. The van der Waals surface area contributed by atoms with E-state index in [0.29, 0.717) is 11.7 Å². The van der Waals surface area contributed by atoms with E-state index < -0.39 is 5.97 Å². The third-order valence-corrected chi connectivity index (χ3v) is 5.09. The summed E-state index contributed by atoms with van der Waals surface area (Å²) in [5, 5.41) is 18.2. The fourth-order valence-corrected chi connectivity index (χ4v) is 3.54. The lowest BCUT2D eigenvalue weighted by atomic mass is 9.94. The maximum Gasteiger partial charge on any atom is 0.325 e. The molecule has 3 heterocycles. The molecule has 2 aromatic rings. The molecule has 0 bridgehead atoms. The van der Waals surface area contributed by atoms with Crippen LogP contribution in [0.2, 0.25) is 0 Å². The summed E-state index contributed by atoms with van der Waals surface area (Å²) < 4.78 is 3.44. The average Bonchev–Trinajstić information content (AvgIpc) is 3.13. The number of piperidine rings is 1. The number of likely N-dealkylation sites (tertiary alicyclic amines) is 1. The lowest BCUT2D eigenvalue weighted by Crippen LogP contribution is -2.31. The summed E-state index contributed by atoms with van der Waals surface area (Å²) >= 11 is 0. The number of aryl methyl sites for hydroxylation is 1. The smallest absolute Gasteiger partial charge is 0.325 e. The lowest BCUT2D eigenvalue weighted by Gasteiger charge is -2.28. The molecule has 0 saturated carbocycles. The highest BCUT2D eigenvalue weighted by Gasteiger charge is 2.22. The van der Waals surface area contributed by atoms with Crippen LogP contribution in [0.4, 0.5) is 0 Å². The second-order valence-corrected chi connectivity index (χ2v) is 7.22. The number of carboxylic acids is 1. The Morgan fingerprint density at radius 3 is 2.69 bits per heavy atom. The zero-order chi connectivity index (χ0) is 18.7. The normalized spacial score (nSPS) is 16.3. The molecule has 26 heavy (non-hydrogen) atoms. The number of hydrogen-bond acceptors (Lipinski definition) is 5. The highest BCUT2D eigenvalue weighted by molar-refractivity contribution is 5.68. The van der Waals surface area contributed by atoms with E-state index in [9.17, 15) is 9.90 Å². The van der Waals surface area contributed by atoms with Crippen molar-refractivity contribution < 1.29 is 9.90 Å². The Bertz CT molecular complexity index is 758. The lowest BCUT2D eigenvalue weighted by molar-refractivity contribution is -0.137. The highest BCUT2D eigenvalue weighted by Crippen LogP contribution is 2.24. The summed E-state index contributed by atoms with van der Waals surface area (Å²) in [5.41, 5.74) is 1.86. The van der Waals surface area contributed by atoms with E-state index in [1.54, 1.807) is 6.20 Å². The van der Waals surface area contributed by atoms with Gasteiger partial charge in [-0.3, -0.25) is 9.48 Å². The van der Waals surface area contributed by atoms with Gasteiger partial charge in [0.15, 0.2) is 11.6 Å². The van der Waals surface area contributed by atoms with Crippen molar-refractivity contribution in [1.82, 2.24) is 29.4 Å². The quantitative estimate of drug-likeness (QED) is 0.810. The Morgan fingerprint density at radius 2 is 2.04 bits per heavy atom. The number of aromatic nitrogens is 5. The molecule has 142 valence electrons. The van der Waals surface area contributed by atoms with E-state index in [0.717, 1.165) is 62.4 Å². The third kappa shape index (κ3) is 4.12. The molecule has 0 atom stereocenters. The molecule has 1 N–H and O–H groups in total. The van der Waals surface area contributed by atoms with Gasteiger partial charge in [0.1, 0.15) is 6.54 Å². The van der Waals surface area contributed by atoms with Crippen LogP contribution in [0.3, 0.4) is 0 Å². The molecular weight excluding hydrogens is 332 g/mol. The van der Waals surface area contributed by atoms with Crippen LogP contribution in [0, 0.1) is 12.8 Å². The van der Waals surface area contributed by atoms with E-state index in [4.69, 9.17) is 4.98 Å². The molecule has 0 unspecified atom stereocenters. The number of rotatable bonds is 7. The maximum atomic E-state index is 11.3. The highest BCUT2D eigenvalue weighted by atomic mass is 16.4. The minimum absolute atomic E-state index is 0.186. The molecule has 0 aromatic carbocycles. The maximum absolute atomic E-state index is 11.3. The van der Waals surface area contributed by atoms with Gasteiger partial charge in [0.2, 0.25) is 0 Å². The summed E-state index contributed by atoms with van der Waals surface area (Å²) in [4.78, 5) is 18.3. The summed E-state index contributed by atoms with van der Waals surface area (Å²) in [5.74, 6) is 0.984. The van der Waals surface area contributed by atoms with Crippen molar-refractivity contribution in [3.05, 3.63) is 17.7 Å². The van der Waals surface area contributed by atoms with Crippen molar-refractivity contribution in [2.75, 3.05) is 20.1 Å². The van der Waals surface area contributed by atoms with Gasteiger partial charge in [-0.2, -0.15) is 10.2 Å². The summed E-state index contributed by atoms with van der Waals surface area (Å²) in [6.07, 6.45) is 5.83. The average molecular weight is 360 g/mol. The number of aliphatic carboxylic acids is 1. The summed E-state index contributed by atoms with van der Waals surface area (Å²) in [6.45, 7) is 6.93. The minimum atomic E-state index is -0.916. The molecule has 0 spiro atoms. The van der Waals surface area contributed by atoms with Crippen molar-refractivity contribution in [1.29, 1.82) is 0 Å². The zero-order valence-electron chi connectivity index (χ0n) is 15.9. The standard InChI is InChI=1S/C18H28N6O2/c1-4-7-23-13(2)15(11-19-23)18-20-16(21-24(18)12-17(25)26)10-14-5-8-22(3)9-6-14/h11,14H,4-10,12H2,1-3H3,(H,25,26). The van der Waals surface area contributed by atoms with Crippen molar-refractivity contribution in [2.24, 2.45) is 5.92 Å². The number of carboxylic acid groups (broad SMARTS) is 1. The zero-order valence-corrected chi connectivity index (χ0v) is 15.9. The van der Waals surface area contributed by atoms with Gasteiger partial charge in [-0.05, 0) is 52.2 Å². The minimum Gasteiger partial charge on any atom is -0.480 e. The van der Waals surface area contributed by atoms with Gasteiger partial charge in [-0.1, -0.05) is 6.92 Å². The van der Waals surface area contributed by atoms with E-state index in [1.165, 1.54) is 4.68 Å². The Kier molecular flexibility index (Phi) is 5.70. The van der Waals surface area contributed by atoms with Gasteiger partial charge < -0.3 is 10.0 Å². The van der Waals surface area contributed by atoms with Crippen LogP contribution >= 0.6 is 0 Å². The molecule has 3 rings (SSSR count). The number of hydrogen-bond donors (Lipinski definition) is 1. The molecule has 8 nitrogen and oxygen atoms in total. The first-order valence-electron chi connectivity index (χ1n) is 9.34. The van der Waals surface area contributed by atoms with E-state index in [2.05, 4.69) is 29.1 Å². The molecule has 0 radical (unpaired) electrons. The van der Waals surface area contributed by atoms with Gasteiger partial charge in [-0.15, -0.1) is 0 Å². The van der Waals surface area contributed by atoms with Gasteiger partial charge in [0, 0.05) is 18.7 Å². The largest absolute Gasteiger partial charge is 0.480 e. The van der Waals surface area contributed by atoms with Crippen LogP contribution in [-0.2, 0) is 24.3 Å². The fraction of sp³-hybridized carbons (Fsp3) is 0.667. The molecule has 1 saturated heterocycles. The third-order valence-electron chi connectivity index (χ3n) is 5.09. The Balaban J connectivity index is 1.86. The molecule has 1 aliphatic heterocycles. The van der Waals surface area contributed by atoms with Gasteiger partial charge in [0.25, 0.3) is 0 Å². The predicted octanol–water partition coefficient (Wildman–Crippen LogP) is 1.83. The molecule has 1 fully saturated rings. The van der Waals surface area contributed by atoms with Gasteiger partial charge >= 0.3 is 5.97 Å². The monoisotopic (exact) mass is 360 g/mol. The molecular formula is C18H28N6O2. The van der Waals surface area contributed by atoms with Crippen molar-refractivity contribution in [3.63, 3.8) is 0 Å². The van der Waals surface area contributed by atoms with Crippen LogP contribution < -0.4 is 0 Å². The van der Waals surface area contributed by atoms with Crippen LogP contribution in [0.25, 0.3) is 11.4 Å². The van der Waals surface area contributed by atoms with E-state index in [-0.39, 0.29) is 6.54 Å². The van der Waals surface area contributed by atoms with Crippen LogP contribution in [0.1, 0.15) is 37.7 Å². The summed E-state index contributed by atoms with van der Waals surface area (Å²) in [6, 6.07) is 0. The molecule has 8 heteroatoms. The van der Waals surface area contributed by atoms with E-state index in [1.807, 2.05) is 11.6 Å². The SMILES string of the molecule is CCCn1ncc(-c2nc(CC3CCN(C)CC3)nn2CC(=O)O)c1C. The van der Waals surface area contributed by atoms with Crippen LogP contribution in [0.15, 0.2) is 6.20 Å². The van der Waals surface area contributed by atoms with E-state index >= 15 is 0 Å². The first-order chi connectivity index (χ1) is 12.5. The van der Waals surface area contributed by atoms with Crippen molar-refractivity contribution in [2.45, 2.75) is 52.6 Å². The number of carbonyl (C=O) groups is 1. The number of nitrogens with zero attached hydrogens (tertiary/aromatic N) is 6. The van der Waals surface area contributed by atoms with Crippen molar-refractivity contribution in [3.8, 4) is 11.4 Å². The second-order valence-electron chi connectivity index (χ2n) is 7.22. The second kappa shape index (κ2) is 7.99. The summed E-state index contributed by atoms with van der Waals surface area (Å²) in [7, 11) is 2.14. The van der Waals surface area contributed by atoms with Crippen molar-refractivity contribution >= 4 is 5.97 Å². The Hall–Kier alpha value is -2.22. The Morgan fingerprint density at radius 1 is 1.31 bits per heavy atom. The molecule has 1 aliphatic rings. The first kappa shape index (κ1) is 18.6. The fourth-order valence-electron chi connectivity index (χ4n) is 3.54. The molecule has 0 amide bonds. The predicted molar refractivity (Wildman–Crippen MR) is 97.8 cm³/mol. The molecule has 0 aliphatic carbocycles. The van der Waals surface area contributed by atoms with Crippen LogP contribution in [-0.4, -0.2) is 60.7 Å². The van der Waals surface area contributed by atoms with Gasteiger partial charge in [0.05, 0.1) is 11.8 Å². The van der Waals surface area contributed by atoms with Gasteiger partial charge in [-0.25, -0.2) is 9.67 Å².